The molecule has 0 aromatic heterocycles. The number of carbonyl (C=O) groups is 1. The molecule has 154 valence electrons. The number of fused-ring (bicyclic) bond motifs is 3. The first kappa shape index (κ1) is 20.2. The van der Waals surface area contributed by atoms with E-state index in [4.69, 9.17) is 21.1 Å². The first-order valence-corrected chi connectivity index (χ1v) is 10.5. The van der Waals surface area contributed by atoms with Gasteiger partial charge < -0.3 is 14.6 Å². The maximum atomic E-state index is 11.5. The molecule has 5 heteroatoms. The number of carboxylic acids is 1. The third-order valence-electron chi connectivity index (χ3n) is 6.36. The predicted molar refractivity (Wildman–Crippen MR) is 113 cm³/mol. The van der Waals surface area contributed by atoms with Gasteiger partial charge in [0.1, 0.15) is 11.4 Å². The fourth-order valence-electron chi connectivity index (χ4n) is 4.84. The Kier molecular flexibility index (Phi) is 5.12. The lowest BCUT2D eigenvalue weighted by atomic mass is 9.69. The van der Waals surface area contributed by atoms with E-state index in [1.807, 2.05) is 12.1 Å². The number of halogens is 1. The molecular formula is C24H27ClO4. The minimum atomic E-state index is -0.940. The van der Waals surface area contributed by atoms with Gasteiger partial charge in [0.2, 0.25) is 0 Å². The lowest BCUT2D eigenvalue weighted by Crippen LogP contribution is -2.51. The number of hydrogen-bond acceptors (Lipinski definition) is 3. The Bertz CT molecular complexity index is 919. The summed E-state index contributed by atoms with van der Waals surface area (Å²) in [6.45, 7) is 8.54. The number of hydrogen-bond donors (Lipinski definition) is 1. The Morgan fingerprint density at radius 2 is 1.86 bits per heavy atom. The quantitative estimate of drug-likeness (QED) is 0.659. The summed E-state index contributed by atoms with van der Waals surface area (Å²) in [5.74, 6) is 0.419. The minimum absolute atomic E-state index is 0.0210. The van der Waals surface area contributed by atoms with Crippen molar-refractivity contribution in [1.82, 2.24) is 0 Å². The van der Waals surface area contributed by atoms with Crippen molar-refractivity contribution in [2.24, 2.45) is 11.8 Å². The van der Waals surface area contributed by atoms with Gasteiger partial charge in [-0.25, -0.2) is 4.79 Å². The zero-order valence-electron chi connectivity index (χ0n) is 17.2. The van der Waals surface area contributed by atoms with E-state index in [2.05, 4.69) is 39.8 Å². The Morgan fingerprint density at radius 3 is 2.48 bits per heavy atom. The number of aromatic carboxylic acids is 1. The van der Waals surface area contributed by atoms with E-state index in [0.717, 1.165) is 17.0 Å². The molecule has 0 radical (unpaired) electrons. The molecule has 1 fully saturated rings. The van der Waals surface area contributed by atoms with E-state index < -0.39 is 11.6 Å². The summed E-state index contributed by atoms with van der Waals surface area (Å²) < 4.78 is 13.1. The van der Waals surface area contributed by atoms with Gasteiger partial charge in [0.25, 0.3) is 0 Å². The molecule has 0 bridgehead atoms. The predicted octanol–water partition coefficient (Wildman–Crippen LogP) is 6.10. The van der Waals surface area contributed by atoms with Crippen LogP contribution < -0.4 is 4.74 Å². The molecule has 4 rings (SSSR count). The molecule has 2 heterocycles. The summed E-state index contributed by atoms with van der Waals surface area (Å²) in [5, 5.41) is 10.2. The van der Waals surface area contributed by atoms with Gasteiger partial charge in [0.05, 0.1) is 17.8 Å². The zero-order valence-corrected chi connectivity index (χ0v) is 17.9. The Hall–Kier alpha value is -2.04. The molecular weight excluding hydrogens is 388 g/mol. The van der Waals surface area contributed by atoms with Crippen LogP contribution in [-0.4, -0.2) is 22.8 Å². The molecule has 4 atom stereocenters. The molecule has 2 aliphatic rings. The zero-order chi connectivity index (χ0) is 20.9. The van der Waals surface area contributed by atoms with Crippen LogP contribution in [0.1, 0.15) is 67.6 Å². The molecule has 2 aromatic rings. The number of ether oxygens (including phenoxy) is 2. The van der Waals surface area contributed by atoms with Gasteiger partial charge in [0.15, 0.2) is 0 Å². The normalized spacial score (nSPS) is 27.7. The average molecular weight is 415 g/mol. The summed E-state index contributed by atoms with van der Waals surface area (Å²) in [6.07, 6.45) is 0.732. The van der Waals surface area contributed by atoms with Crippen molar-refractivity contribution in [2.75, 3.05) is 0 Å². The molecule has 0 spiro atoms. The fourth-order valence-corrected chi connectivity index (χ4v) is 4.97. The molecule has 0 unspecified atom stereocenters. The van der Waals surface area contributed by atoms with Gasteiger partial charge in [-0.05, 0) is 62.1 Å². The van der Waals surface area contributed by atoms with Crippen molar-refractivity contribution in [3.05, 3.63) is 64.2 Å². The van der Waals surface area contributed by atoms with Crippen LogP contribution in [0.15, 0.2) is 42.5 Å². The van der Waals surface area contributed by atoms with Gasteiger partial charge in [0, 0.05) is 22.4 Å². The highest BCUT2D eigenvalue weighted by Gasteiger charge is 2.51. The van der Waals surface area contributed by atoms with Crippen molar-refractivity contribution < 1.29 is 19.4 Å². The Morgan fingerprint density at radius 1 is 1.17 bits per heavy atom. The fraction of sp³-hybridized carbons (Fsp3) is 0.458. The van der Waals surface area contributed by atoms with E-state index in [0.29, 0.717) is 11.7 Å². The second-order valence-electron chi connectivity index (χ2n) is 9.03. The van der Waals surface area contributed by atoms with E-state index in [1.165, 1.54) is 5.56 Å². The van der Waals surface area contributed by atoms with Crippen LogP contribution in [0.5, 0.6) is 5.75 Å². The van der Waals surface area contributed by atoms with Crippen molar-refractivity contribution >= 4 is 17.6 Å². The molecule has 29 heavy (non-hydrogen) atoms. The van der Waals surface area contributed by atoms with Crippen LogP contribution in [0.25, 0.3) is 0 Å². The van der Waals surface area contributed by atoms with E-state index >= 15 is 0 Å². The van der Waals surface area contributed by atoms with Crippen molar-refractivity contribution in [1.29, 1.82) is 0 Å². The van der Waals surface area contributed by atoms with Crippen LogP contribution in [0.4, 0.5) is 0 Å². The summed E-state index contributed by atoms with van der Waals surface area (Å²) in [6, 6.07) is 13.1. The molecule has 1 N–H and O–H groups in total. The third-order valence-corrected chi connectivity index (χ3v) is 6.61. The number of rotatable bonds is 3. The van der Waals surface area contributed by atoms with Crippen LogP contribution >= 0.6 is 11.6 Å². The molecule has 2 aromatic carbocycles. The van der Waals surface area contributed by atoms with Crippen LogP contribution in [-0.2, 0) is 4.74 Å². The SMILES string of the molecule is CC(C)[C@@H]1O[C@@H]2c3cc(C(=O)O)ccc3OC(C)(C)[C@H]2C[C@H]1c1ccc(Cl)cc1. The van der Waals surface area contributed by atoms with Gasteiger partial charge in [-0.15, -0.1) is 0 Å². The van der Waals surface area contributed by atoms with Crippen LogP contribution in [0, 0.1) is 11.8 Å². The Labute approximate surface area is 176 Å². The molecule has 0 amide bonds. The first-order valence-electron chi connectivity index (χ1n) is 10.1. The maximum Gasteiger partial charge on any atom is 0.335 e. The molecule has 0 aliphatic carbocycles. The third kappa shape index (κ3) is 3.64. The van der Waals surface area contributed by atoms with E-state index in [1.54, 1.807) is 18.2 Å². The monoisotopic (exact) mass is 414 g/mol. The van der Waals surface area contributed by atoms with E-state index in [-0.39, 0.29) is 29.6 Å². The topological polar surface area (TPSA) is 55.8 Å². The molecule has 2 aliphatic heterocycles. The van der Waals surface area contributed by atoms with Gasteiger partial charge in [-0.1, -0.05) is 37.6 Å². The van der Waals surface area contributed by atoms with Crippen LogP contribution in [0.3, 0.4) is 0 Å². The molecule has 1 saturated heterocycles. The van der Waals surface area contributed by atoms with Crippen molar-refractivity contribution in [2.45, 2.75) is 57.8 Å². The summed E-state index contributed by atoms with van der Waals surface area (Å²) in [5.41, 5.74) is 1.90. The molecule has 4 nitrogen and oxygen atoms in total. The lowest BCUT2D eigenvalue weighted by Gasteiger charge is -2.52. The summed E-state index contributed by atoms with van der Waals surface area (Å²) in [4.78, 5) is 11.5. The van der Waals surface area contributed by atoms with Crippen molar-refractivity contribution in [3.63, 3.8) is 0 Å². The first-order chi connectivity index (χ1) is 13.7. The average Bonchev–Trinajstić information content (AvgIpc) is 2.67. The summed E-state index contributed by atoms with van der Waals surface area (Å²) in [7, 11) is 0. The van der Waals surface area contributed by atoms with Crippen LogP contribution in [0.2, 0.25) is 5.02 Å². The van der Waals surface area contributed by atoms with Crippen molar-refractivity contribution in [3.8, 4) is 5.75 Å². The lowest BCUT2D eigenvalue weighted by molar-refractivity contribution is -0.169. The number of carboxylic acid groups (broad SMARTS) is 1. The highest BCUT2D eigenvalue weighted by molar-refractivity contribution is 6.30. The largest absolute Gasteiger partial charge is 0.487 e. The van der Waals surface area contributed by atoms with Gasteiger partial charge in [-0.2, -0.15) is 0 Å². The Balaban J connectivity index is 1.77. The standard InChI is InChI=1S/C24H27ClO4/c1-13(2)21-17(14-5-8-16(25)9-6-14)12-19-22(28-21)18-11-15(23(26)27)7-10-20(18)29-24(19,3)4/h5-11,13,17,19,21-22H,12H2,1-4H3,(H,26,27)/t17-,19-,21-,22+/m0/s1. The maximum absolute atomic E-state index is 11.5. The highest BCUT2D eigenvalue weighted by atomic mass is 35.5. The van der Waals surface area contributed by atoms with Gasteiger partial charge in [-0.3, -0.25) is 0 Å². The van der Waals surface area contributed by atoms with Gasteiger partial charge >= 0.3 is 5.97 Å². The number of benzene rings is 2. The second-order valence-corrected chi connectivity index (χ2v) is 9.47. The smallest absolute Gasteiger partial charge is 0.335 e. The second kappa shape index (κ2) is 7.33. The highest BCUT2D eigenvalue weighted by Crippen LogP contribution is 2.54. The molecule has 0 saturated carbocycles. The minimum Gasteiger partial charge on any atom is -0.487 e. The van der Waals surface area contributed by atoms with E-state index in [9.17, 15) is 9.90 Å². The summed E-state index contributed by atoms with van der Waals surface area (Å²) >= 11 is 6.10.